The van der Waals surface area contributed by atoms with Gasteiger partial charge in [0.1, 0.15) is 11.7 Å². The van der Waals surface area contributed by atoms with Gasteiger partial charge in [0.15, 0.2) is 12.2 Å². The Hall–Kier alpha value is -2.41. The monoisotopic (exact) mass is 404 g/mol. The van der Waals surface area contributed by atoms with Crippen molar-refractivity contribution in [2.75, 3.05) is 0 Å². The van der Waals surface area contributed by atoms with Gasteiger partial charge in [-0.2, -0.15) is 0 Å². The van der Waals surface area contributed by atoms with Crippen LogP contribution in [0.4, 0.5) is 0 Å². The largest absolute Gasteiger partial charge is 0.458 e. The summed E-state index contributed by atoms with van der Waals surface area (Å²) in [5, 5.41) is 11.6. The molecule has 7 unspecified atom stereocenters. The van der Waals surface area contributed by atoms with Gasteiger partial charge in [0.25, 0.3) is 0 Å². The lowest BCUT2D eigenvalue weighted by Gasteiger charge is -2.40. The zero-order chi connectivity index (χ0) is 21.7. The second kappa shape index (κ2) is 7.44. The molecule has 3 aliphatic rings. The smallest absolute Gasteiger partial charge is 0.334 e. The SMILES string of the molecule is C=C1C(=O)OC2C1C(OC(=O)C(C)=CC)C(OC(C)=O)C(C)(O)C1CC=C(C)C21. The normalized spacial score (nSPS) is 39.1. The van der Waals surface area contributed by atoms with Gasteiger partial charge >= 0.3 is 17.9 Å². The number of esters is 3. The predicted octanol–water partition coefficient (Wildman–Crippen LogP) is 2.24. The third-order valence-electron chi connectivity index (χ3n) is 6.54. The molecule has 0 radical (unpaired) electrons. The third-order valence-corrected chi connectivity index (χ3v) is 6.54. The van der Waals surface area contributed by atoms with E-state index in [1.165, 1.54) is 6.92 Å². The Bertz CT molecular complexity index is 819. The first-order valence-electron chi connectivity index (χ1n) is 9.80. The summed E-state index contributed by atoms with van der Waals surface area (Å²) in [6.07, 6.45) is 1.18. The van der Waals surface area contributed by atoms with Crippen molar-refractivity contribution < 1.29 is 33.7 Å². The van der Waals surface area contributed by atoms with E-state index < -0.39 is 47.7 Å². The molecule has 0 aromatic rings. The molecule has 0 aromatic heterocycles. The van der Waals surface area contributed by atoms with Gasteiger partial charge < -0.3 is 19.3 Å². The van der Waals surface area contributed by atoms with Crippen molar-refractivity contribution in [2.24, 2.45) is 17.8 Å². The minimum absolute atomic E-state index is 0.152. The molecule has 29 heavy (non-hydrogen) atoms. The molecule has 7 atom stereocenters. The molecule has 0 aromatic carbocycles. The molecule has 7 heteroatoms. The van der Waals surface area contributed by atoms with Crippen LogP contribution in [0.25, 0.3) is 0 Å². The van der Waals surface area contributed by atoms with Gasteiger partial charge in [0.2, 0.25) is 0 Å². The summed E-state index contributed by atoms with van der Waals surface area (Å²) >= 11 is 0. The van der Waals surface area contributed by atoms with E-state index in [1.54, 1.807) is 26.8 Å². The van der Waals surface area contributed by atoms with Gasteiger partial charge in [-0.3, -0.25) is 4.79 Å². The first-order valence-corrected chi connectivity index (χ1v) is 9.80. The van der Waals surface area contributed by atoms with Crippen LogP contribution >= 0.6 is 0 Å². The molecule has 158 valence electrons. The summed E-state index contributed by atoms with van der Waals surface area (Å²) in [5.74, 6) is -3.19. The maximum absolute atomic E-state index is 12.6. The quantitative estimate of drug-likeness (QED) is 0.333. The van der Waals surface area contributed by atoms with Crippen LogP contribution in [0.1, 0.15) is 41.0 Å². The topological polar surface area (TPSA) is 99.1 Å². The maximum Gasteiger partial charge on any atom is 0.334 e. The molecule has 2 aliphatic carbocycles. The van der Waals surface area contributed by atoms with Crippen LogP contribution < -0.4 is 0 Å². The molecular formula is C22H28O7. The van der Waals surface area contributed by atoms with Gasteiger partial charge in [-0.05, 0) is 34.1 Å². The summed E-state index contributed by atoms with van der Waals surface area (Å²) < 4.78 is 16.9. The fourth-order valence-corrected chi connectivity index (χ4v) is 4.86. The van der Waals surface area contributed by atoms with E-state index in [-0.39, 0.29) is 17.4 Å². The van der Waals surface area contributed by atoms with Crippen LogP contribution in [0.3, 0.4) is 0 Å². The van der Waals surface area contributed by atoms with Crippen molar-refractivity contribution in [1.82, 2.24) is 0 Å². The summed E-state index contributed by atoms with van der Waals surface area (Å²) in [5.41, 5.74) is -0.0273. The number of allylic oxidation sites excluding steroid dienone is 2. The molecule has 0 amide bonds. The molecular weight excluding hydrogens is 376 g/mol. The second-order valence-corrected chi connectivity index (χ2v) is 8.33. The van der Waals surface area contributed by atoms with E-state index in [1.807, 2.05) is 13.0 Å². The van der Waals surface area contributed by atoms with E-state index >= 15 is 0 Å². The van der Waals surface area contributed by atoms with Crippen molar-refractivity contribution in [3.63, 3.8) is 0 Å². The van der Waals surface area contributed by atoms with Gasteiger partial charge in [-0.25, -0.2) is 9.59 Å². The number of hydrogen-bond donors (Lipinski definition) is 1. The molecule has 1 N–H and O–H groups in total. The van der Waals surface area contributed by atoms with Crippen molar-refractivity contribution in [1.29, 1.82) is 0 Å². The number of aliphatic hydroxyl groups is 1. The molecule has 7 nitrogen and oxygen atoms in total. The Morgan fingerprint density at radius 1 is 1.31 bits per heavy atom. The highest BCUT2D eigenvalue weighted by atomic mass is 16.6. The number of carbonyl (C=O) groups is 3. The maximum atomic E-state index is 12.6. The highest BCUT2D eigenvalue weighted by molar-refractivity contribution is 5.92. The number of fused-ring (bicyclic) bond motifs is 3. The lowest BCUT2D eigenvalue weighted by atomic mass is 9.75. The number of carbonyl (C=O) groups excluding carboxylic acids is 3. The first-order chi connectivity index (χ1) is 13.5. The Morgan fingerprint density at radius 2 is 1.97 bits per heavy atom. The number of hydrogen-bond acceptors (Lipinski definition) is 7. The average molecular weight is 404 g/mol. The Labute approximate surface area is 170 Å². The minimum atomic E-state index is -1.52. The van der Waals surface area contributed by atoms with Crippen LogP contribution in [-0.2, 0) is 28.6 Å². The third kappa shape index (κ3) is 3.41. The average Bonchev–Trinajstić information content (AvgIpc) is 3.15. The van der Waals surface area contributed by atoms with Gasteiger partial charge in [0, 0.05) is 29.9 Å². The number of ether oxygens (including phenoxy) is 3. The van der Waals surface area contributed by atoms with E-state index in [2.05, 4.69) is 6.58 Å². The van der Waals surface area contributed by atoms with Gasteiger partial charge in [-0.1, -0.05) is 24.3 Å². The Balaban J connectivity index is 2.15. The van der Waals surface area contributed by atoms with Crippen molar-refractivity contribution >= 4 is 17.9 Å². The highest BCUT2D eigenvalue weighted by Gasteiger charge is 2.64. The molecule has 1 aliphatic heterocycles. The molecule has 1 saturated heterocycles. The Morgan fingerprint density at radius 3 is 2.55 bits per heavy atom. The zero-order valence-corrected chi connectivity index (χ0v) is 17.4. The van der Waals surface area contributed by atoms with Crippen LogP contribution in [0, 0.1) is 17.8 Å². The lowest BCUT2D eigenvalue weighted by Crippen LogP contribution is -2.55. The molecule has 2 fully saturated rings. The zero-order valence-electron chi connectivity index (χ0n) is 17.4. The van der Waals surface area contributed by atoms with Gasteiger partial charge in [0.05, 0.1) is 5.92 Å². The van der Waals surface area contributed by atoms with Crippen molar-refractivity contribution in [3.8, 4) is 0 Å². The van der Waals surface area contributed by atoms with Gasteiger partial charge in [-0.15, -0.1) is 0 Å². The Kier molecular flexibility index (Phi) is 5.47. The molecule has 1 heterocycles. The number of rotatable bonds is 3. The van der Waals surface area contributed by atoms with Crippen LogP contribution in [0.5, 0.6) is 0 Å². The van der Waals surface area contributed by atoms with Crippen molar-refractivity contribution in [2.45, 2.75) is 65.0 Å². The molecule has 0 spiro atoms. The lowest BCUT2D eigenvalue weighted by molar-refractivity contribution is -0.196. The standard InChI is InChI=1S/C22H28O7/c1-7-10(2)20(24)29-18-16-12(4)21(25)28-17(16)15-11(3)8-9-14(15)22(6,26)19(18)27-13(5)23/h7-8,14-19,26H,4,9H2,1-3,5-6H3. The van der Waals surface area contributed by atoms with Crippen LogP contribution in [-0.4, -0.2) is 46.9 Å². The summed E-state index contributed by atoms with van der Waals surface area (Å²) in [6.45, 7) is 11.9. The predicted molar refractivity (Wildman–Crippen MR) is 103 cm³/mol. The molecule has 3 rings (SSSR count). The fraction of sp³-hybridized carbons (Fsp3) is 0.591. The highest BCUT2D eigenvalue weighted by Crippen LogP contribution is 2.53. The van der Waals surface area contributed by atoms with Crippen LogP contribution in [0.2, 0.25) is 0 Å². The van der Waals surface area contributed by atoms with E-state index in [9.17, 15) is 19.5 Å². The fourth-order valence-electron chi connectivity index (χ4n) is 4.86. The summed E-state index contributed by atoms with van der Waals surface area (Å²) in [6, 6.07) is 0. The van der Waals surface area contributed by atoms with E-state index in [0.717, 1.165) is 5.57 Å². The van der Waals surface area contributed by atoms with E-state index in [0.29, 0.717) is 12.0 Å². The summed E-state index contributed by atoms with van der Waals surface area (Å²) in [4.78, 5) is 36.9. The minimum Gasteiger partial charge on any atom is -0.458 e. The first kappa shape index (κ1) is 21.3. The molecule has 0 bridgehead atoms. The van der Waals surface area contributed by atoms with Crippen molar-refractivity contribution in [3.05, 3.63) is 35.5 Å². The van der Waals surface area contributed by atoms with E-state index in [4.69, 9.17) is 14.2 Å². The molecule has 1 saturated carbocycles. The van der Waals surface area contributed by atoms with Crippen LogP contribution in [0.15, 0.2) is 35.5 Å². The second-order valence-electron chi connectivity index (χ2n) is 8.33. The summed E-state index contributed by atoms with van der Waals surface area (Å²) in [7, 11) is 0.